The summed E-state index contributed by atoms with van der Waals surface area (Å²) in [6, 6.07) is 2.02. The van der Waals surface area contributed by atoms with Crippen LogP contribution in [0.15, 0.2) is 22.0 Å². The Labute approximate surface area is 126 Å². The minimum Gasteiger partial charge on any atom is -0.310 e. The van der Waals surface area contributed by atoms with E-state index in [2.05, 4.69) is 15.4 Å². The summed E-state index contributed by atoms with van der Waals surface area (Å²) in [5.74, 6) is 0.693. The van der Waals surface area contributed by atoms with Gasteiger partial charge in [0.25, 0.3) is 0 Å². The molecule has 0 saturated heterocycles. The second-order valence-electron chi connectivity index (χ2n) is 4.76. The summed E-state index contributed by atoms with van der Waals surface area (Å²) in [5, 5.41) is 8.91. The second kappa shape index (κ2) is 6.41. The highest BCUT2D eigenvalue weighted by atomic mass is 32.2. The molecule has 2 heterocycles. The molecule has 0 aliphatic rings. The number of amides is 1. The van der Waals surface area contributed by atoms with Crippen LogP contribution in [0.2, 0.25) is 0 Å². The summed E-state index contributed by atoms with van der Waals surface area (Å²) in [6.45, 7) is 7.89. The molecular formula is C13H18N4OS2. The normalized spacial score (nSPS) is 12.7. The first-order chi connectivity index (χ1) is 9.47. The van der Waals surface area contributed by atoms with Gasteiger partial charge in [-0.1, -0.05) is 11.8 Å². The molecule has 0 spiro atoms. The SMILES string of the molecule is Cc1csc(SC(C)C(=O)Nc2ccnn2C(C)C)n1. The van der Waals surface area contributed by atoms with E-state index in [9.17, 15) is 4.79 Å². The molecule has 0 aromatic carbocycles. The van der Waals surface area contributed by atoms with Crippen LogP contribution >= 0.6 is 23.1 Å². The number of nitrogens with one attached hydrogen (secondary N) is 1. The smallest absolute Gasteiger partial charge is 0.238 e. The fourth-order valence-electron chi connectivity index (χ4n) is 1.64. The lowest BCUT2D eigenvalue weighted by atomic mass is 10.4. The standard InChI is InChI=1S/C13H18N4OS2/c1-8(2)17-11(5-6-14-17)16-12(18)10(4)20-13-15-9(3)7-19-13/h5-8,10H,1-4H3,(H,16,18). The van der Waals surface area contributed by atoms with Crippen molar-refractivity contribution in [1.29, 1.82) is 0 Å². The van der Waals surface area contributed by atoms with Crippen LogP contribution in [0.5, 0.6) is 0 Å². The molecule has 20 heavy (non-hydrogen) atoms. The Balaban J connectivity index is 1.99. The van der Waals surface area contributed by atoms with E-state index in [-0.39, 0.29) is 17.2 Å². The van der Waals surface area contributed by atoms with Crippen LogP contribution in [0.3, 0.4) is 0 Å². The van der Waals surface area contributed by atoms with Gasteiger partial charge in [0, 0.05) is 23.2 Å². The maximum Gasteiger partial charge on any atom is 0.238 e. The molecule has 0 bridgehead atoms. The highest BCUT2D eigenvalue weighted by molar-refractivity contribution is 8.02. The molecule has 1 N–H and O–H groups in total. The minimum atomic E-state index is -0.198. The van der Waals surface area contributed by atoms with Crippen molar-refractivity contribution < 1.29 is 4.79 Å². The summed E-state index contributed by atoms with van der Waals surface area (Å²) in [6.07, 6.45) is 1.69. The molecule has 5 nitrogen and oxygen atoms in total. The summed E-state index contributed by atoms with van der Waals surface area (Å²) < 4.78 is 2.71. The van der Waals surface area contributed by atoms with Gasteiger partial charge in [0.1, 0.15) is 5.82 Å². The Kier molecular flexibility index (Phi) is 4.82. The molecular weight excluding hydrogens is 292 g/mol. The monoisotopic (exact) mass is 310 g/mol. The van der Waals surface area contributed by atoms with Gasteiger partial charge < -0.3 is 5.32 Å². The quantitative estimate of drug-likeness (QED) is 0.860. The number of hydrogen-bond donors (Lipinski definition) is 1. The number of carbonyl (C=O) groups excluding carboxylic acids is 1. The van der Waals surface area contributed by atoms with Crippen molar-refractivity contribution in [3.8, 4) is 0 Å². The number of carbonyl (C=O) groups is 1. The van der Waals surface area contributed by atoms with E-state index in [0.717, 1.165) is 15.9 Å². The fraction of sp³-hybridized carbons (Fsp3) is 0.462. The number of thioether (sulfide) groups is 1. The summed E-state index contributed by atoms with van der Waals surface area (Å²) in [5.41, 5.74) is 0.989. The van der Waals surface area contributed by atoms with Crippen LogP contribution in [0, 0.1) is 6.92 Å². The molecule has 108 valence electrons. The Morgan fingerprint density at radius 1 is 1.45 bits per heavy atom. The molecule has 2 aromatic rings. The van der Waals surface area contributed by atoms with Gasteiger partial charge in [0.15, 0.2) is 4.34 Å². The molecule has 0 radical (unpaired) electrons. The van der Waals surface area contributed by atoms with E-state index >= 15 is 0 Å². The predicted octanol–water partition coefficient (Wildman–Crippen LogP) is 3.35. The maximum absolute atomic E-state index is 12.2. The first kappa shape index (κ1) is 15.1. The Morgan fingerprint density at radius 3 is 2.80 bits per heavy atom. The van der Waals surface area contributed by atoms with Gasteiger partial charge in [0.05, 0.1) is 11.4 Å². The maximum atomic E-state index is 12.2. The first-order valence-electron chi connectivity index (χ1n) is 6.40. The largest absolute Gasteiger partial charge is 0.310 e. The van der Waals surface area contributed by atoms with Crippen molar-refractivity contribution in [2.24, 2.45) is 0 Å². The third-order valence-electron chi connectivity index (χ3n) is 2.66. The van der Waals surface area contributed by atoms with Gasteiger partial charge in [-0.15, -0.1) is 11.3 Å². The second-order valence-corrected chi connectivity index (χ2v) is 7.20. The zero-order chi connectivity index (χ0) is 14.7. The zero-order valence-corrected chi connectivity index (χ0v) is 13.6. The minimum absolute atomic E-state index is 0.0368. The van der Waals surface area contributed by atoms with E-state index in [0.29, 0.717) is 0 Å². The zero-order valence-electron chi connectivity index (χ0n) is 12.0. The molecule has 2 aromatic heterocycles. The average Bonchev–Trinajstić information content (AvgIpc) is 2.98. The van der Waals surface area contributed by atoms with Gasteiger partial charge >= 0.3 is 0 Å². The van der Waals surface area contributed by atoms with Crippen molar-refractivity contribution in [3.05, 3.63) is 23.3 Å². The van der Waals surface area contributed by atoms with E-state index in [4.69, 9.17) is 0 Å². The summed E-state index contributed by atoms with van der Waals surface area (Å²) in [7, 11) is 0. The van der Waals surface area contributed by atoms with Crippen LogP contribution < -0.4 is 5.32 Å². The molecule has 2 rings (SSSR count). The number of anilines is 1. The number of hydrogen-bond acceptors (Lipinski definition) is 5. The molecule has 0 aliphatic carbocycles. The summed E-state index contributed by atoms with van der Waals surface area (Å²) in [4.78, 5) is 16.6. The van der Waals surface area contributed by atoms with Crippen molar-refractivity contribution in [2.45, 2.75) is 43.3 Å². The van der Waals surface area contributed by atoms with Crippen molar-refractivity contribution in [3.63, 3.8) is 0 Å². The van der Waals surface area contributed by atoms with Crippen LogP contribution in [0.4, 0.5) is 5.82 Å². The van der Waals surface area contributed by atoms with Crippen LogP contribution in [0.1, 0.15) is 32.5 Å². The third-order valence-corrected chi connectivity index (χ3v) is 4.85. The lowest BCUT2D eigenvalue weighted by Crippen LogP contribution is -2.24. The highest BCUT2D eigenvalue weighted by Crippen LogP contribution is 2.27. The van der Waals surface area contributed by atoms with Crippen LogP contribution in [-0.2, 0) is 4.79 Å². The molecule has 0 saturated carbocycles. The lowest BCUT2D eigenvalue weighted by molar-refractivity contribution is -0.115. The van der Waals surface area contributed by atoms with Gasteiger partial charge in [-0.25, -0.2) is 9.67 Å². The van der Waals surface area contributed by atoms with Crippen LogP contribution in [0.25, 0.3) is 0 Å². The van der Waals surface area contributed by atoms with Crippen molar-refractivity contribution >= 4 is 34.8 Å². The van der Waals surface area contributed by atoms with E-state index in [1.165, 1.54) is 11.8 Å². The van der Waals surface area contributed by atoms with Gasteiger partial charge in [-0.05, 0) is 27.7 Å². The summed E-state index contributed by atoms with van der Waals surface area (Å²) >= 11 is 3.04. The average molecular weight is 310 g/mol. The van der Waals surface area contributed by atoms with E-state index < -0.39 is 0 Å². The number of aromatic nitrogens is 3. The first-order valence-corrected chi connectivity index (χ1v) is 8.16. The molecule has 7 heteroatoms. The van der Waals surface area contributed by atoms with Gasteiger partial charge in [0.2, 0.25) is 5.91 Å². The van der Waals surface area contributed by atoms with E-state index in [1.54, 1.807) is 22.2 Å². The molecule has 1 atom stereocenters. The Hall–Kier alpha value is -1.34. The molecule has 0 aliphatic heterocycles. The molecule has 0 fully saturated rings. The van der Waals surface area contributed by atoms with E-state index in [1.807, 2.05) is 39.1 Å². The Bertz CT molecular complexity index is 591. The van der Waals surface area contributed by atoms with Gasteiger partial charge in [-0.2, -0.15) is 5.10 Å². The highest BCUT2D eigenvalue weighted by Gasteiger charge is 2.18. The molecule has 1 amide bonds. The van der Waals surface area contributed by atoms with Crippen LogP contribution in [-0.4, -0.2) is 25.9 Å². The topological polar surface area (TPSA) is 59.8 Å². The number of thiazole rings is 1. The number of aryl methyl sites for hydroxylation is 1. The number of rotatable bonds is 5. The molecule has 1 unspecified atom stereocenters. The van der Waals surface area contributed by atoms with Crippen molar-refractivity contribution in [1.82, 2.24) is 14.8 Å². The predicted molar refractivity (Wildman–Crippen MR) is 83.4 cm³/mol. The third kappa shape index (κ3) is 3.61. The van der Waals surface area contributed by atoms with Crippen molar-refractivity contribution in [2.75, 3.05) is 5.32 Å². The van der Waals surface area contributed by atoms with Gasteiger partial charge in [-0.3, -0.25) is 4.79 Å². The lowest BCUT2D eigenvalue weighted by Gasteiger charge is -2.14. The fourth-order valence-corrected chi connectivity index (χ4v) is 3.63. The number of nitrogens with zero attached hydrogens (tertiary/aromatic N) is 3. The Morgan fingerprint density at radius 2 is 2.20 bits per heavy atom.